The van der Waals surface area contributed by atoms with Crippen molar-refractivity contribution in [1.82, 2.24) is 0 Å². The fourth-order valence-corrected chi connectivity index (χ4v) is 4.19. The second-order valence-corrected chi connectivity index (χ2v) is 8.80. The second-order valence-electron chi connectivity index (χ2n) is 7.94. The van der Waals surface area contributed by atoms with Crippen LogP contribution in [0.15, 0.2) is 75.8 Å². The summed E-state index contributed by atoms with van der Waals surface area (Å²) in [6.45, 7) is 4.40. The Morgan fingerprint density at radius 2 is 1.89 bits per heavy atom. The van der Waals surface area contributed by atoms with Crippen LogP contribution < -0.4 is 9.47 Å². The van der Waals surface area contributed by atoms with Crippen molar-refractivity contribution in [3.8, 4) is 11.5 Å². The van der Waals surface area contributed by atoms with E-state index in [1.807, 2.05) is 37.3 Å². The number of halogens is 1. The van der Waals surface area contributed by atoms with Gasteiger partial charge in [-0.3, -0.25) is 10.1 Å². The molecule has 0 unspecified atom stereocenters. The molecular formula is C27H23BrN2O6. The number of aryl methyl sites for hydroxylation is 1. The molecule has 0 saturated carbocycles. The highest BCUT2D eigenvalue weighted by atomic mass is 79.9. The van der Waals surface area contributed by atoms with E-state index in [0.29, 0.717) is 45.9 Å². The van der Waals surface area contributed by atoms with Crippen molar-refractivity contribution in [3.05, 3.63) is 103 Å². The average molecular weight is 551 g/mol. The van der Waals surface area contributed by atoms with Crippen LogP contribution in [0, 0.1) is 17.0 Å². The van der Waals surface area contributed by atoms with Gasteiger partial charge in [-0.2, -0.15) is 0 Å². The lowest BCUT2D eigenvalue weighted by Crippen LogP contribution is -2.06. The first-order valence-corrected chi connectivity index (χ1v) is 12.1. The molecule has 1 aliphatic heterocycles. The molecule has 36 heavy (non-hydrogen) atoms. The molecule has 0 aromatic heterocycles. The number of hydrogen-bond donors (Lipinski definition) is 0. The van der Waals surface area contributed by atoms with Gasteiger partial charge in [0.25, 0.3) is 5.69 Å². The maximum atomic E-state index is 12.5. The summed E-state index contributed by atoms with van der Waals surface area (Å²) in [7, 11) is 0. The smallest absolute Gasteiger partial charge is 0.363 e. The normalized spacial score (nSPS) is 13.9. The van der Waals surface area contributed by atoms with Crippen molar-refractivity contribution in [2.75, 3.05) is 13.2 Å². The highest BCUT2D eigenvalue weighted by molar-refractivity contribution is 9.10. The van der Waals surface area contributed by atoms with Crippen molar-refractivity contribution >= 4 is 39.6 Å². The number of nitro benzene ring substituents is 1. The predicted octanol–water partition coefficient (Wildman–Crippen LogP) is 6.03. The Hall–Kier alpha value is -3.98. The molecule has 0 spiro atoms. The summed E-state index contributed by atoms with van der Waals surface area (Å²) in [6.07, 6.45) is 2.31. The Balaban J connectivity index is 1.58. The van der Waals surface area contributed by atoms with E-state index in [1.54, 1.807) is 37.3 Å². The van der Waals surface area contributed by atoms with Crippen LogP contribution in [0.3, 0.4) is 0 Å². The van der Waals surface area contributed by atoms with E-state index in [1.165, 1.54) is 11.6 Å². The summed E-state index contributed by atoms with van der Waals surface area (Å²) in [6, 6.07) is 18.2. The Morgan fingerprint density at radius 3 is 2.61 bits per heavy atom. The van der Waals surface area contributed by atoms with E-state index in [4.69, 9.17) is 14.2 Å². The molecule has 3 aromatic rings. The van der Waals surface area contributed by atoms with Gasteiger partial charge in [0, 0.05) is 23.6 Å². The summed E-state index contributed by atoms with van der Waals surface area (Å²) in [5.74, 6) is 0.460. The molecule has 0 saturated heterocycles. The molecule has 9 heteroatoms. The number of aliphatic imine (C=N–C) groups is 1. The molecule has 0 fully saturated rings. The lowest BCUT2D eigenvalue weighted by molar-refractivity contribution is -0.385. The summed E-state index contributed by atoms with van der Waals surface area (Å²) in [5.41, 5.74) is 2.66. The van der Waals surface area contributed by atoms with Crippen LogP contribution >= 0.6 is 15.9 Å². The number of esters is 1. The predicted molar refractivity (Wildman–Crippen MR) is 139 cm³/mol. The number of carbonyl (C=O) groups excluding carboxylic acids is 1. The monoisotopic (exact) mass is 550 g/mol. The lowest BCUT2D eigenvalue weighted by Gasteiger charge is -2.15. The van der Waals surface area contributed by atoms with Gasteiger partial charge in [0.15, 0.2) is 17.2 Å². The Labute approximate surface area is 216 Å². The quantitative estimate of drug-likeness (QED) is 0.139. The van der Waals surface area contributed by atoms with Crippen LogP contribution in [-0.4, -0.2) is 30.0 Å². The van der Waals surface area contributed by atoms with Crippen LogP contribution in [0.1, 0.15) is 29.2 Å². The van der Waals surface area contributed by atoms with E-state index >= 15 is 0 Å². The minimum Gasteiger partial charge on any atom is -0.490 e. The van der Waals surface area contributed by atoms with Crippen LogP contribution in [-0.2, 0) is 16.0 Å². The van der Waals surface area contributed by atoms with Crippen LogP contribution in [0.4, 0.5) is 5.69 Å². The zero-order chi connectivity index (χ0) is 25.7. The van der Waals surface area contributed by atoms with Gasteiger partial charge < -0.3 is 14.2 Å². The topological polar surface area (TPSA) is 100 Å². The molecule has 184 valence electrons. The third-order valence-electron chi connectivity index (χ3n) is 5.39. The summed E-state index contributed by atoms with van der Waals surface area (Å²) < 4.78 is 17.8. The van der Waals surface area contributed by atoms with Crippen molar-refractivity contribution in [3.63, 3.8) is 0 Å². The number of nitrogens with zero attached hydrogens (tertiary/aromatic N) is 2. The Kier molecular flexibility index (Phi) is 7.80. The third kappa shape index (κ3) is 5.80. The van der Waals surface area contributed by atoms with Crippen molar-refractivity contribution in [2.24, 2.45) is 4.99 Å². The van der Waals surface area contributed by atoms with Gasteiger partial charge in [-0.05, 0) is 65.2 Å². The molecule has 1 heterocycles. The molecule has 1 aliphatic rings. The van der Waals surface area contributed by atoms with Gasteiger partial charge >= 0.3 is 5.97 Å². The number of hydrogen-bond acceptors (Lipinski definition) is 7. The summed E-state index contributed by atoms with van der Waals surface area (Å²) in [4.78, 5) is 27.5. The van der Waals surface area contributed by atoms with Gasteiger partial charge in [0.2, 0.25) is 5.90 Å². The first-order chi connectivity index (χ1) is 17.4. The van der Waals surface area contributed by atoms with Gasteiger partial charge in [0.05, 0.1) is 22.6 Å². The zero-order valence-electron chi connectivity index (χ0n) is 19.7. The fraction of sp³-hybridized carbons (Fsp3) is 0.185. The number of carbonyl (C=O) groups is 1. The average Bonchev–Trinajstić information content (AvgIpc) is 3.21. The fourth-order valence-electron chi connectivity index (χ4n) is 3.62. The molecule has 0 bridgehead atoms. The number of benzene rings is 3. The van der Waals surface area contributed by atoms with Crippen molar-refractivity contribution < 1.29 is 23.9 Å². The Bertz CT molecular complexity index is 1370. The molecule has 0 amide bonds. The zero-order valence-corrected chi connectivity index (χ0v) is 21.3. The summed E-state index contributed by atoms with van der Waals surface area (Å²) >= 11 is 3.55. The van der Waals surface area contributed by atoms with E-state index in [2.05, 4.69) is 20.9 Å². The van der Waals surface area contributed by atoms with E-state index in [-0.39, 0.29) is 17.3 Å². The molecule has 8 nitrogen and oxygen atoms in total. The van der Waals surface area contributed by atoms with E-state index in [9.17, 15) is 14.9 Å². The molecule has 0 N–H and O–H groups in total. The minimum atomic E-state index is -0.648. The molecular weight excluding hydrogens is 528 g/mol. The van der Waals surface area contributed by atoms with Crippen molar-refractivity contribution in [2.45, 2.75) is 20.3 Å². The SMILES string of the molecule is CCOc1cc(/C=C2\N=C(c3ccc(C)c([N+](=O)[O-])c3)OC2=O)cc(Br)c1OCCc1ccccc1. The number of rotatable bonds is 9. The van der Waals surface area contributed by atoms with Gasteiger partial charge in [-0.15, -0.1) is 0 Å². The highest BCUT2D eigenvalue weighted by Gasteiger charge is 2.26. The first-order valence-electron chi connectivity index (χ1n) is 11.3. The summed E-state index contributed by atoms with van der Waals surface area (Å²) in [5, 5.41) is 11.3. The molecule has 0 radical (unpaired) electrons. The third-order valence-corrected chi connectivity index (χ3v) is 5.98. The second kappa shape index (κ2) is 11.2. The number of ether oxygens (including phenoxy) is 3. The number of cyclic esters (lactones) is 1. The first kappa shape index (κ1) is 25.1. The molecule has 3 aromatic carbocycles. The van der Waals surface area contributed by atoms with Crippen LogP contribution in [0.2, 0.25) is 0 Å². The highest BCUT2D eigenvalue weighted by Crippen LogP contribution is 2.38. The van der Waals surface area contributed by atoms with Gasteiger partial charge in [0.1, 0.15) is 0 Å². The maximum Gasteiger partial charge on any atom is 0.363 e. The van der Waals surface area contributed by atoms with E-state index in [0.717, 1.165) is 6.42 Å². The molecule has 0 atom stereocenters. The standard InChI is InChI=1S/C27H23BrN2O6/c1-3-34-24-15-19(13-21(28)25(24)35-12-11-18-7-5-4-6-8-18)14-22-27(31)36-26(29-22)20-10-9-17(2)23(16-20)30(32)33/h4-10,13-16H,3,11-12H2,1-2H3/b22-14-. The van der Waals surface area contributed by atoms with Crippen LogP contribution in [0.5, 0.6) is 11.5 Å². The molecule has 0 aliphatic carbocycles. The van der Waals surface area contributed by atoms with Gasteiger partial charge in [-0.1, -0.05) is 36.4 Å². The largest absolute Gasteiger partial charge is 0.490 e. The number of nitro groups is 1. The van der Waals surface area contributed by atoms with Crippen molar-refractivity contribution in [1.29, 1.82) is 0 Å². The van der Waals surface area contributed by atoms with E-state index < -0.39 is 10.9 Å². The van der Waals surface area contributed by atoms with Crippen LogP contribution in [0.25, 0.3) is 6.08 Å². The van der Waals surface area contributed by atoms with Gasteiger partial charge in [-0.25, -0.2) is 9.79 Å². The Morgan fingerprint density at radius 1 is 1.11 bits per heavy atom. The molecule has 4 rings (SSSR count). The maximum absolute atomic E-state index is 12.5. The minimum absolute atomic E-state index is 0.0133. The lowest BCUT2D eigenvalue weighted by atomic mass is 10.1.